The molecule has 1 amide bonds. The molecule has 0 aliphatic rings. The fourth-order valence-electron chi connectivity index (χ4n) is 1.33. The van der Waals surface area contributed by atoms with Crippen LogP contribution in [0.2, 0.25) is 0 Å². The van der Waals surface area contributed by atoms with Gasteiger partial charge in [0.15, 0.2) is 5.13 Å². The first kappa shape index (κ1) is 12.3. The van der Waals surface area contributed by atoms with Gasteiger partial charge in [0.1, 0.15) is 5.82 Å². The van der Waals surface area contributed by atoms with Crippen molar-refractivity contribution in [3.8, 4) is 0 Å². The largest absolute Gasteiger partial charge is 0.465 e. The quantitative estimate of drug-likeness (QED) is 0.886. The molecule has 0 aliphatic heterocycles. The van der Waals surface area contributed by atoms with Crippen LogP contribution in [0.15, 0.2) is 29.9 Å². The Morgan fingerprint density at radius 1 is 1.50 bits per heavy atom. The SMILES string of the molecule is CN(Cc1ccc(Nc2nccs2)nc1)C(=O)O. The zero-order valence-corrected chi connectivity index (χ0v) is 10.5. The van der Waals surface area contributed by atoms with Crippen molar-refractivity contribution >= 4 is 28.4 Å². The van der Waals surface area contributed by atoms with E-state index in [0.717, 1.165) is 10.7 Å². The maximum atomic E-state index is 10.7. The van der Waals surface area contributed by atoms with E-state index >= 15 is 0 Å². The molecule has 2 aromatic heterocycles. The summed E-state index contributed by atoms with van der Waals surface area (Å²) in [4.78, 5) is 20.2. The topological polar surface area (TPSA) is 78.3 Å². The first-order valence-electron chi connectivity index (χ1n) is 5.20. The molecule has 2 rings (SSSR count). The van der Waals surface area contributed by atoms with Gasteiger partial charge in [-0.3, -0.25) is 0 Å². The zero-order chi connectivity index (χ0) is 13.0. The summed E-state index contributed by atoms with van der Waals surface area (Å²) in [5, 5.41) is 14.5. The predicted molar refractivity (Wildman–Crippen MR) is 69.1 cm³/mol. The number of carbonyl (C=O) groups is 1. The minimum atomic E-state index is -0.958. The molecule has 2 N–H and O–H groups in total. The van der Waals surface area contributed by atoms with Gasteiger partial charge in [-0.1, -0.05) is 6.07 Å². The average Bonchev–Trinajstić information content (AvgIpc) is 2.84. The number of aromatic nitrogens is 2. The monoisotopic (exact) mass is 264 g/mol. The number of rotatable bonds is 4. The fraction of sp³-hybridized carbons (Fsp3) is 0.182. The second kappa shape index (κ2) is 5.46. The molecule has 2 aromatic rings. The van der Waals surface area contributed by atoms with E-state index in [1.54, 1.807) is 18.5 Å². The average molecular weight is 264 g/mol. The normalized spacial score (nSPS) is 10.1. The van der Waals surface area contributed by atoms with Crippen LogP contribution in [-0.2, 0) is 6.54 Å². The number of pyridine rings is 1. The van der Waals surface area contributed by atoms with Crippen molar-refractivity contribution in [2.75, 3.05) is 12.4 Å². The van der Waals surface area contributed by atoms with Crippen LogP contribution in [0.4, 0.5) is 15.7 Å². The smallest absolute Gasteiger partial charge is 0.407 e. The molecule has 0 aliphatic carbocycles. The summed E-state index contributed by atoms with van der Waals surface area (Å²) in [5.74, 6) is 0.687. The molecule has 18 heavy (non-hydrogen) atoms. The van der Waals surface area contributed by atoms with E-state index in [-0.39, 0.29) is 0 Å². The molecular weight excluding hydrogens is 252 g/mol. The maximum absolute atomic E-state index is 10.7. The van der Waals surface area contributed by atoms with Gasteiger partial charge in [0.25, 0.3) is 0 Å². The van der Waals surface area contributed by atoms with Gasteiger partial charge in [0, 0.05) is 24.8 Å². The van der Waals surface area contributed by atoms with E-state index in [1.165, 1.54) is 23.3 Å². The van der Waals surface area contributed by atoms with Gasteiger partial charge in [0.2, 0.25) is 0 Å². The molecule has 0 spiro atoms. The van der Waals surface area contributed by atoms with Crippen molar-refractivity contribution in [2.45, 2.75) is 6.54 Å². The highest BCUT2D eigenvalue weighted by atomic mass is 32.1. The molecule has 0 atom stereocenters. The molecule has 94 valence electrons. The first-order chi connectivity index (χ1) is 8.65. The molecule has 0 saturated carbocycles. The minimum Gasteiger partial charge on any atom is -0.465 e. The standard InChI is InChI=1S/C11H12N4O2S/c1-15(11(16)17)7-8-2-3-9(13-6-8)14-10-12-4-5-18-10/h2-6H,7H2,1H3,(H,16,17)(H,12,13,14). The van der Waals surface area contributed by atoms with E-state index in [2.05, 4.69) is 15.3 Å². The van der Waals surface area contributed by atoms with Crippen LogP contribution in [0.3, 0.4) is 0 Å². The lowest BCUT2D eigenvalue weighted by Gasteiger charge is -2.12. The van der Waals surface area contributed by atoms with Gasteiger partial charge in [-0.05, 0) is 11.6 Å². The third-order valence-electron chi connectivity index (χ3n) is 2.24. The van der Waals surface area contributed by atoms with Gasteiger partial charge in [-0.25, -0.2) is 14.8 Å². The van der Waals surface area contributed by atoms with Gasteiger partial charge in [-0.2, -0.15) is 0 Å². The number of anilines is 2. The number of amides is 1. The molecule has 0 bridgehead atoms. The van der Waals surface area contributed by atoms with E-state index in [0.29, 0.717) is 12.4 Å². The van der Waals surface area contributed by atoms with Crippen LogP contribution in [-0.4, -0.2) is 33.1 Å². The molecule has 0 fully saturated rings. The van der Waals surface area contributed by atoms with Crippen LogP contribution in [0.25, 0.3) is 0 Å². The Bertz CT molecular complexity index is 512. The molecule has 0 aromatic carbocycles. The van der Waals surface area contributed by atoms with Crippen molar-refractivity contribution in [2.24, 2.45) is 0 Å². The molecule has 6 nitrogen and oxygen atoms in total. The van der Waals surface area contributed by atoms with Crippen molar-refractivity contribution in [1.82, 2.24) is 14.9 Å². The van der Waals surface area contributed by atoms with Gasteiger partial charge in [-0.15, -0.1) is 11.3 Å². The number of hydrogen-bond donors (Lipinski definition) is 2. The molecule has 7 heteroatoms. The Morgan fingerprint density at radius 3 is 2.89 bits per heavy atom. The van der Waals surface area contributed by atoms with E-state index in [1.807, 2.05) is 11.4 Å². The lowest BCUT2D eigenvalue weighted by Crippen LogP contribution is -2.23. The summed E-state index contributed by atoms with van der Waals surface area (Å²) < 4.78 is 0. The molecular formula is C11H12N4O2S. The summed E-state index contributed by atoms with van der Waals surface area (Å²) in [6.07, 6.45) is 2.40. The zero-order valence-electron chi connectivity index (χ0n) is 9.70. The van der Waals surface area contributed by atoms with Crippen LogP contribution in [0, 0.1) is 0 Å². The number of nitrogens with zero attached hydrogens (tertiary/aromatic N) is 3. The molecule has 0 unspecified atom stereocenters. The molecule has 0 radical (unpaired) electrons. The third kappa shape index (κ3) is 3.17. The Labute approximate surface area is 108 Å². The van der Waals surface area contributed by atoms with Crippen molar-refractivity contribution in [1.29, 1.82) is 0 Å². The van der Waals surface area contributed by atoms with Crippen molar-refractivity contribution < 1.29 is 9.90 Å². The van der Waals surface area contributed by atoms with Crippen LogP contribution < -0.4 is 5.32 Å². The Hall–Kier alpha value is -2.15. The lowest BCUT2D eigenvalue weighted by atomic mass is 10.2. The summed E-state index contributed by atoms with van der Waals surface area (Å²) in [5.41, 5.74) is 0.838. The van der Waals surface area contributed by atoms with E-state index in [4.69, 9.17) is 5.11 Å². The minimum absolute atomic E-state index is 0.319. The summed E-state index contributed by atoms with van der Waals surface area (Å²) >= 11 is 1.49. The van der Waals surface area contributed by atoms with Gasteiger partial charge in [0.05, 0.1) is 6.54 Å². The second-order valence-electron chi connectivity index (χ2n) is 3.65. The Kier molecular flexibility index (Phi) is 3.73. The number of hydrogen-bond acceptors (Lipinski definition) is 5. The van der Waals surface area contributed by atoms with Crippen LogP contribution in [0.5, 0.6) is 0 Å². The number of thiazole rings is 1. The maximum Gasteiger partial charge on any atom is 0.407 e. The fourth-order valence-corrected chi connectivity index (χ4v) is 1.86. The lowest BCUT2D eigenvalue weighted by molar-refractivity contribution is 0.153. The molecule has 0 saturated heterocycles. The highest BCUT2D eigenvalue weighted by molar-refractivity contribution is 7.13. The summed E-state index contributed by atoms with van der Waals surface area (Å²) in [6.45, 7) is 0.319. The van der Waals surface area contributed by atoms with Gasteiger partial charge >= 0.3 is 6.09 Å². The predicted octanol–water partition coefficient (Wildman–Crippen LogP) is 2.39. The third-order valence-corrected chi connectivity index (χ3v) is 2.93. The van der Waals surface area contributed by atoms with Crippen molar-refractivity contribution in [3.05, 3.63) is 35.5 Å². The highest BCUT2D eigenvalue weighted by Gasteiger charge is 2.06. The second-order valence-corrected chi connectivity index (χ2v) is 4.55. The van der Waals surface area contributed by atoms with E-state index < -0.39 is 6.09 Å². The Balaban J connectivity index is 1.99. The Morgan fingerprint density at radius 2 is 2.33 bits per heavy atom. The number of carboxylic acid groups (broad SMARTS) is 1. The van der Waals surface area contributed by atoms with E-state index in [9.17, 15) is 4.79 Å². The van der Waals surface area contributed by atoms with Gasteiger partial charge < -0.3 is 15.3 Å². The van der Waals surface area contributed by atoms with Crippen LogP contribution >= 0.6 is 11.3 Å². The molecule has 2 heterocycles. The first-order valence-corrected chi connectivity index (χ1v) is 6.08. The highest BCUT2D eigenvalue weighted by Crippen LogP contribution is 2.16. The summed E-state index contributed by atoms with van der Waals surface area (Å²) in [6, 6.07) is 3.63. The van der Waals surface area contributed by atoms with Crippen LogP contribution in [0.1, 0.15) is 5.56 Å². The number of nitrogens with one attached hydrogen (secondary N) is 1. The summed E-state index contributed by atoms with van der Waals surface area (Å²) in [7, 11) is 1.52. The van der Waals surface area contributed by atoms with Crippen molar-refractivity contribution in [3.63, 3.8) is 0 Å².